The molecule has 0 bridgehead atoms. The minimum atomic E-state index is 0.163. The summed E-state index contributed by atoms with van der Waals surface area (Å²) in [6.07, 6.45) is 8.84. The summed E-state index contributed by atoms with van der Waals surface area (Å²) in [6.45, 7) is 1.94. The van der Waals surface area contributed by atoms with Gasteiger partial charge in [0.15, 0.2) is 5.82 Å². The van der Waals surface area contributed by atoms with E-state index >= 15 is 0 Å². The summed E-state index contributed by atoms with van der Waals surface area (Å²) in [5.74, 6) is 2.70. The Morgan fingerprint density at radius 3 is 2.79 bits per heavy atom. The van der Waals surface area contributed by atoms with Gasteiger partial charge in [-0.3, -0.25) is 9.89 Å². The van der Waals surface area contributed by atoms with E-state index in [4.69, 9.17) is 0 Å². The van der Waals surface area contributed by atoms with Crippen molar-refractivity contribution in [1.82, 2.24) is 10.2 Å². The first-order valence-electron chi connectivity index (χ1n) is 7.55. The van der Waals surface area contributed by atoms with Gasteiger partial charge >= 0.3 is 0 Å². The third kappa shape index (κ3) is 2.82. The zero-order chi connectivity index (χ0) is 13.2. The van der Waals surface area contributed by atoms with Gasteiger partial charge in [0.05, 0.1) is 0 Å². The lowest BCUT2D eigenvalue weighted by Gasteiger charge is -2.38. The van der Waals surface area contributed by atoms with Crippen LogP contribution in [0.5, 0.6) is 0 Å². The minimum Gasteiger partial charge on any atom is -0.309 e. The number of hydrogen-bond donors (Lipinski definition) is 2. The van der Waals surface area contributed by atoms with Crippen molar-refractivity contribution in [3.63, 3.8) is 0 Å². The second-order valence-corrected chi connectivity index (χ2v) is 6.24. The van der Waals surface area contributed by atoms with Crippen LogP contribution in [0.3, 0.4) is 0 Å². The molecular weight excluding hydrogens is 238 g/mol. The van der Waals surface area contributed by atoms with E-state index in [0.29, 0.717) is 5.82 Å². The highest BCUT2D eigenvalue weighted by atomic mass is 16.1. The summed E-state index contributed by atoms with van der Waals surface area (Å²) >= 11 is 0. The molecule has 19 heavy (non-hydrogen) atoms. The van der Waals surface area contributed by atoms with Crippen molar-refractivity contribution in [2.45, 2.75) is 51.9 Å². The molecule has 0 saturated heterocycles. The van der Waals surface area contributed by atoms with Crippen LogP contribution in [0.4, 0.5) is 5.82 Å². The van der Waals surface area contributed by atoms with Gasteiger partial charge in [-0.1, -0.05) is 25.7 Å². The number of anilines is 1. The summed E-state index contributed by atoms with van der Waals surface area (Å²) in [5.41, 5.74) is 0.978. The van der Waals surface area contributed by atoms with Gasteiger partial charge in [0, 0.05) is 17.7 Å². The van der Waals surface area contributed by atoms with Crippen LogP contribution in [-0.2, 0) is 4.79 Å². The molecule has 3 atom stereocenters. The molecule has 1 aromatic rings. The summed E-state index contributed by atoms with van der Waals surface area (Å²) in [7, 11) is 0. The van der Waals surface area contributed by atoms with Crippen molar-refractivity contribution in [2.75, 3.05) is 5.32 Å². The van der Waals surface area contributed by atoms with Gasteiger partial charge in [-0.05, 0) is 38.0 Å². The summed E-state index contributed by atoms with van der Waals surface area (Å²) < 4.78 is 0. The van der Waals surface area contributed by atoms with Gasteiger partial charge in [0.1, 0.15) is 0 Å². The predicted molar refractivity (Wildman–Crippen MR) is 74.7 cm³/mol. The molecule has 2 N–H and O–H groups in total. The number of hydrogen-bond acceptors (Lipinski definition) is 2. The van der Waals surface area contributed by atoms with E-state index in [1.165, 1.54) is 32.1 Å². The topological polar surface area (TPSA) is 57.8 Å². The Kier molecular flexibility index (Phi) is 3.58. The van der Waals surface area contributed by atoms with E-state index in [1.807, 2.05) is 13.0 Å². The van der Waals surface area contributed by atoms with Crippen LogP contribution in [0.25, 0.3) is 0 Å². The lowest BCUT2D eigenvalue weighted by Crippen LogP contribution is -2.33. The second-order valence-electron chi connectivity index (χ2n) is 6.24. The molecule has 0 spiro atoms. The van der Waals surface area contributed by atoms with Crippen molar-refractivity contribution in [1.29, 1.82) is 0 Å². The number of rotatable bonds is 2. The maximum Gasteiger partial charge on any atom is 0.228 e. The van der Waals surface area contributed by atoms with Crippen LogP contribution in [-0.4, -0.2) is 16.1 Å². The molecule has 2 aliphatic rings. The fraction of sp³-hybridized carbons (Fsp3) is 0.733. The lowest BCUT2D eigenvalue weighted by molar-refractivity contribution is -0.122. The maximum atomic E-state index is 12.3. The van der Waals surface area contributed by atoms with Crippen molar-refractivity contribution < 1.29 is 4.79 Å². The van der Waals surface area contributed by atoms with Gasteiger partial charge in [-0.15, -0.1) is 0 Å². The SMILES string of the molecule is Cc1cc(NC(=O)C2CCC3CCCCC3C2)n[nH]1. The van der Waals surface area contributed by atoms with Crippen LogP contribution in [0.15, 0.2) is 6.07 Å². The molecule has 2 fully saturated rings. The predicted octanol–water partition coefficient (Wildman–Crippen LogP) is 3.26. The van der Waals surface area contributed by atoms with E-state index in [1.54, 1.807) is 0 Å². The van der Waals surface area contributed by atoms with Gasteiger partial charge in [0.25, 0.3) is 0 Å². The normalized spacial score (nSPS) is 30.7. The van der Waals surface area contributed by atoms with Gasteiger partial charge in [0.2, 0.25) is 5.91 Å². The molecule has 1 amide bonds. The van der Waals surface area contributed by atoms with Crippen molar-refractivity contribution in [3.05, 3.63) is 11.8 Å². The quantitative estimate of drug-likeness (QED) is 0.858. The first-order valence-corrected chi connectivity index (χ1v) is 7.55. The highest BCUT2D eigenvalue weighted by molar-refractivity contribution is 5.91. The number of fused-ring (bicyclic) bond motifs is 1. The Labute approximate surface area is 114 Å². The Morgan fingerprint density at radius 2 is 2.05 bits per heavy atom. The number of carbonyl (C=O) groups is 1. The Balaban J connectivity index is 1.58. The number of H-pyrrole nitrogens is 1. The van der Waals surface area contributed by atoms with Gasteiger partial charge < -0.3 is 5.32 Å². The first kappa shape index (κ1) is 12.7. The molecule has 3 rings (SSSR count). The van der Waals surface area contributed by atoms with E-state index in [-0.39, 0.29) is 11.8 Å². The highest BCUT2D eigenvalue weighted by Crippen LogP contribution is 2.42. The summed E-state index contributed by atoms with van der Waals surface area (Å²) in [4.78, 5) is 12.3. The number of nitrogens with zero attached hydrogens (tertiary/aromatic N) is 1. The number of nitrogens with one attached hydrogen (secondary N) is 2. The van der Waals surface area contributed by atoms with Crippen LogP contribution in [0, 0.1) is 24.7 Å². The molecule has 0 aliphatic heterocycles. The zero-order valence-electron chi connectivity index (χ0n) is 11.6. The molecule has 3 unspecified atom stereocenters. The Hall–Kier alpha value is -1.32. The van der Waals surface area contributed by atoms with E-state index in [2.05, 4.69) is 15.5 Å². The average molecular weight is 261 g/mol. The molecule has 0 radical (unpaired) electrons. The van der Waals surface area contributed by atoms with E-state index < -0.39 is 0 Å². The highest BCUT2D eigenvalue weighted by Gasteiger charge is 2.35. The molecule has 104 valence electrons. The lowest BCUT2D eigenvalue weighted by atomic mass is 9.67. The number of amides is 1. The zero-order valence-corrected chi connectivity index (χ0v) is 11.6. The summed E-state index contributed by atoms with van der Waals surface area (Å²) in [5, 5.41) is 9.88. The molecule has 1 heterocycles. The van der Waals surface area contributed by atoms with Gasteiger partial charge in [-0.25, -0.2) is 0 Å². The Bertz CT molecular complexity index is 454. The van der Waals surface area contributed by atoms with E-state index in [0.717, 1.165) is 30.4 Å². The maximum absolute atomic E-state index is 12.3. The fourth-order valence-corrected chi connectivity index (χ4v) is 3.82. The second kappa shape index (κ2) is 5.35. The van der Waals surface area contributed by atoms with Crippen molar-refractivity contribution >= 4 is 11.7 Å². The molecular formula is C15H23N3O. The van der Waals surface area contributed by atoms with Crippen LogP contribution >= 0.6 is 0 Å². The van der Waals surface area contributed by atoms with Crippen molar-refractivity contribution in [3.8, 4) is 0 Å². The minimum absolute atomic E-state index is 0.163. The van der Waals surface area contributed by atoms with Gasteiger partial charge in [-0.2, -0.15) is 5.10 Å². The smallest absolute Gasteiger partial charge is 0.228 e. The fourth-order valence-electron chi connectivity index (χ4n) is 3.82. The third-order valence-electron chi connectivity index (χ3n) is 4.87. The first-order chi connectivity index (χ1) is 9.22. The molecule has 4 nitrogen and oxygen atoms in total. The van der Waals surface area contributed by atoms with E-state index in [9.17, 15) is 4.79 Å². The number of aromatic amines is 1. The van der Waals surface area contributed by atoms with Crippen LogP contribution in [0.1, 0.15) is 50.6 Å². The standard InChI is InChI=1S/C15H23N3O/c1-10-8-14(18-17-10)16-15(19)13-7-6-11-4-2-3-5-12(11)9-13/h8,11-13H,2-7,9H2,1H3,(H2,16,17,18,19). The summed E-state index contributed by atoms with van der Waals surface area (Å²) in [6, 6.07) is 1.88. The molecule has 4 heteroatoms. The van der Waals surface area contributed by atoms with Crippen LogP contribution < -0.4 is 5.32 Å². The monoisotopic (exact) mass is 261 g/mol. The van der Waals surface area contributed by atoms with Crippen molar-refractivity contribution in [2.24, 2.45) is 17.8 Å². The molecule has 2 saturated carbocycles. The largest absolute Gasteiger partial charge is 0.309 e. The number of aryl methyl sites for hydroxylation is 1. The third-order valence-corrected chi connectivity index (χ3v) is 4.87. The Morgan fingerprint density at radius 1 is 1.26 bits per heavy atom. The average Bonchev–Trinajstić information content (AvgIpc) is 2.83. The van der Waals surface area contributed by atoms with Crippen LogP contribution in [0.2, 0.25) is 0 Å². The molecule has 1 aromatic heterocycles. The number of carbonyl (C=O) groups excluding carboxylic acids is 1. The molecule has 2 aliphatic carbocycles. The molecule has 0 aromatic carbocycles. The number of aromatic nitrogens is 2.